The highest BCUT2D eigenvalue weighted by atomic mass is 32.2. The molecule has 1 unspecified atom stereocenters. The fraction of sp³-hybridized carbons (Fsp3) is 0.286. The van der Waals surface area contributed by atoms with Crippen LogP contribution in [0.3, 0.4) is 0 Å². The van der Waals surface area contributed by atoms with Crippen LogP contribution in [0.4, 0.5) is 5.13 Å². The lowest BCUT2D eigenvalue weighted by atomic mass is 10.0. The molecule has 0 bridgehead atoms. The van der Waals surface area contributed by atoms with E-state index in [0.29, 0.717) is 15.7 Å². The van der Waals surface area contributed by atoms with Crippen LogP contribution >= 0.6 is 23.1 Å². The number of thioether (sulfide) groups is 1. The van der Waals surface area contributed by atoms with Crippen LogP contribution in [-0.2, 0) is 0 Å². The second-order valence-electron chi connectivity index (χ2n) is 4.67. The van der Waals surface area contributed by atoms with Crippen LogP contribution in [0.15, 0.2) is 29.2 Å². The van der Waals surface area contributed by atoms with Crippen LogP contribution in [0.5, 0.6) is 0 Å². The lowest BCUT2D eigenvalue weighted by Crippen LogP contribution is -2.30. The van der Waals surface area contributed by atoms with Crippen LogP contribution in [0.2, 0.25) is 0 Å². The first-order chi connectivity index (χ1) is 9.65. The maximum absolute atomic E-state index is 12.4. The zero-order valence-electron chi connectivity index (χ0n) is 11.1. The van der Waals surface area contributed by atoms with Gasteiger partial charge in [-0.05, 0) is 25.0 Å². The molecule has 3 rings (SSSR count). The van der Waals surface area contributed by atoms with E-state index in [0.717, 1.165) is 12.2 Å². The Balaban J connectivity index is 1.82. The summed E-state index contributed by atoms with van der Waals surface area (Å²) < 4.78 is 0. The lowest BCUT2D eigenvalue weighted by Gasteiger charge is -2.25. The summed E-state index contributed by atoms with van der Waals surface area (Å²) in [6.07, 6.45) is 0.945. The van der Waals surface area contributed by atoms with E-state index in [1.54, 1.807) is 0 Å². The predicted octanol–water partition coefficient (Wildman–Crippen LogP) is 3.00. The van der Waals surface area contributed by atoms with Gasteiger partial charge < -0.3 is 11.1 Å². The van der Waals surface area contributed by atoms with Crippen molar-refractivity contribution in [2.45, 2.75) is 24.3 Å². The Hall–Kier alpha value is -1.53. The molecule has 20 heavy (non-hydrogen) atoms. The Morgan fingerprint density at radius 2 is 2.25 bits per heavy atom. The number of hydrogen-bond donors (Lipinski definition) is 2. The van der Waals surface area contributed by atoms with E-state index in [1.807, 2.05) is 30.8 Å². The number of carbonyl (C=O) groups is 1. The minimum absolute atomic E-state index is 0.0719. The number of nitrogens with zero attached hydrogens (tertiary/aromatic N) is 1. The number of aryl methyl sites for hydroxylation is 1. The summed E-state index contributed by atoms with van der Waals surface area (Å²) in [5.41, 5.74) is 7.55. The van der Waals surface area contributed by atoms with Gasteiger partial charge in [0.05, 0.1) is 11.7 Å². The molecule has 6 heteroatoms. The summed E-state index contributed by atoms with van der Waals surface area (Å²) in [5, 5.41) is 3.55. The topological polar surface area (TPSA) is 68.0 Å². The molecule has 0 spiro atoms. The highest BCUT2D eigenvalue weighted by Gasteiger charge is 2.24. The highest BCUT2D eigenvalue weighted by Crippen LogP contribution is 2.36. The predicted molar refractivity (Wildman–Crippen MR) is 83.3 cm³/mol. The third-order valence-electron chi connectivity index (χ3n) is 3.28. The van der Waals surface area contributed by atoms with Crippen molar-refractivity contribution in [2.75, 3.05) is 11.5 Å². The van der Waals surface area contributed by atoms with E-state index in [9.17, 15) is 4.79 Å². The second kappa shape index (κ2) is 5.46. The summed E-state index contributed by atoms with van der Waals surface area (Å²) in [4.78, 5) is 18.3. The van der Waals surface area contributed by atoms with E-state index in [1.165, 1.54) is 21.8 Å². The molecule has 0 saturated carbocycles. The Labute approximate surface area is 125 Å². The lowest BCUT2D eigenvalue weighted by molar-refractivity contribution is 0.0938. The van der Waals surface area contributed by atoms with Gasteiger partial charge in [-0.1, -0.05) is 29.5 Å². The third kappa shape index (κ3) is 2.53. The Bertz CT molecular complexity index is 654. The van der Waals surface area contributed by atoms with Crippen molar-refractivity contribution in [1.82, 2.24) is 10.3 Å². The number of fused-ring (bicyclic) bond motifs is 1. The zero-order chi connectivity index (χ0) is 14.1. The van der Waals surface area contributed by atoms with Gasteiger partial charge in [0.1, 0.15) is 4.88 Å². The number of hydrogen-bond acceptors (Lipinski definition) is 5. The molecule has 2 aromatic rings. The Kier molecular flexibility index (Phi) is 3.67. The largest absolute Gasteiger partial charge is 0.375 e. The molecule has 1 aliphatic rings. The number of benzene rings is 1. The number of nitrogen functional groups attached to an aromatic ring is 1. The molecule has 0 radical (unpaired) electrons. The second-order valence-corrected chi connectivity index (χ2v) is 6.84. The summed E-state index contributed by atoms with van der Waals surface area (Å²) in [6, 6.07) is 8.31. The van der Waals surface area contributed by atoms with Crippen molar-refractivity contribution in [2.24, 2.45) is 0 Å². The van der Waals surface area contributed by atoms with Gasteiger partial charge >= 0.3 is 0 Å². The van der Waals surface area contributed by atoms with Gasteiger partial charge in [-0.15, -0.1) is 11.8 Å². The molecule has 0 saturated heterocycles. The van der Waals surface area contributed by atoms with Crippen molar-refractivity contribution < 1.29 is 4.79 Å². The number of thiazole rings is 1. The molecule has 1 aliphatic heterocycles. The minimum atomic E-state index is -0.0802. The molecule has 1 amide bonds. The molecular weight excluding hydrogens is 290 g/mol. The Morgan fingerprint density at radius 3 is 3.00 bits per heavy atom. The van der Waals surface area contributed by atoms with Gasteiger partial charge in [-0.2, -0.15) is 0 Å². The van der Waals surface area contributed by atoms with Crippen molar-refractivity contribution in [1.29, 1.82) is 0 Å². The van der Waals surface area contributed by atoms with Crippen molar-refractivity contribution in [3.05, 3.63) is 40.4 Å². The van der Waals surface area contributed by atoms with Gasteiger partial charge in [0.25, 0.3) is 5.91 Å². The smallest absolute Gasteiger partial charge is 0.263 e. The van der Waals surface area contributed by atoms with E-state index in [-0.39, 0.29) is 11.9 Å². The molecule has 0 aliphatic carbocycles. The summed E-state index contributed by atoms with van der Waals surface area (Å²) in [7, 11) is 0. The Morgan fingerprint density at radius 1 is 1.45 bits per heavy atom. The van der Waals surface area contributed by atoms with Crippen LogP contribution in [0.1, 0.15) is 33.4 Å². The van der Waals surface area contributed by atoms with Gasteiger partial charge in [-0.3, -0.25) is 4.79 Å². The number of nitrogens with one attached hydrogen (secondary N) is 1. The molecule has 4 nitrogen and oxygen atoms in total. The van der Waals surface area contributed by atoms with Crippen LogP contribution in [0, 0.1) is 6.92 Å². The monoisotopic (exact) mass is 305 g/mol. The molecule has 0 fully saturated rings. The van der Waals surface area contributed by atoms with Crippen molar-refractivity contribution in [3.63, 3.8) is 0 Å². The van der Waals surface area contributed by atoms with Crippen LogP contribution < -0.4 is 11.1 Å². The molecule has 1 atom stereocenters. The SMILES string of the molecule is Cc1nc(N)sc1C(=O)NC1CCSc2ccccc21. The summed E-state index contributed by atoms with van der Waals surface area (Å²) in [5.74, 6) is 0.939. The number of carbonyl (C=O) groups excluding carboxylic acids is 1. The van der Waals surface area contributed by atoms with Crippen molar-refractivity contribution >= 4 is 34.1 Å². The number of aromatic nitrogens is 1. The van der Waals surface area contributed by atoms with E-state index < -0.39 is 0 Å². The normalized spacial score (nSPS) is 17.6. The average molecular weight is 305 g/mol. The molecule has 3 N–H and O–H groups in total. The van der Waals surface area contributed by atoms with E-state index >= 15 is 0 Å². The highest BCUT2D eigenvalue weighted by molar-refractivity contribution is 7.99. The molecule has 1 aromatic heterocycles. The summed E-state index contributed by atoms with van der Waals surface area (Å²) >= 11 is 3.08. The number of rotatable bonds is 2. The zero-order valence-corrected chi connectivity index (χ0v) is 12.7. The minimum Gasteiger partial charge on any atom is -0.375 e. The van der Waals surface area contributed by atoms with Gasteiger partial charge in [0.2, 0.25) is 0 Å². The molecule has 2 heterocycles. The van der Waals surface area contributed by atoms with Gasteiger partial charge in [0, 0.05) is 10.6 Å². The molecule has 1 aromatic carbocycles. The molecular formula is C14H15N3OS2. The van der Waals surface area contributed by atoms with E-state index in [4.69, 9.17) is 5.73 Å². The summed E-state index contributed by atoms with van der Waals surface area (Å²) in [6.45, 7) is 1.81. The molecule has 104 valence electrons. The number of nitrogens with two attached hydrogens (primary N) is 1. The number of amides is 1. The van der Waals surface area contributed by atoms with E-state index in [2.05, 4.69) is 22.4 Å². The number of anilines is 1. The fourth-order valence-electron chi connectivity index (χ4n) is 2.34. The maximum atomic E-state index is 12.4. The van der Waals surface area contributed by atoms with Crippen LogP contribution in [0.25, 0.3) is 0 Å². The quantitative estimate of drug-likeness (QED) is 0.895. The first-order valence-electron chi connectivity index (χ1n) is 6.40. The third-order valence-corrected chi connectivity index (χ3v) is 5.39. The van der Waals surface area contributed by atoms with Gasteiger partial charge in [0.15, 0.2) is 5.13 Å². The van der Waals surface area contributed by atoms with Crippen molar-refractivity contribution in [3.8, 4) is 0 Å². The maximum Gasteiger partial charge on any atom is 0.263 e. The first-order valence-corrected chi connectivity index (χ1v) is 8.21. The van der Waals surface area contributed by atoms with Gasteiger partial charge in [-0.25, -0.2) is 4.98 Å². The van der Waals surface area contributed by atoms with Crippen LogP contribution in [-0.4, -0.2) is 16.6 Å². The average Bonchev–Trinajstić information content (AvgIpc) is 2.78. The standard InChI is InChI=1S/C14H15N3OS2/c1-8-12(20-14(15)16-8)13(18)17-10-6-7-19-11-5-3-2-4-9(10)11/h2-5,10H,6-7H2,1H3,(H2,15,16)(H,17,18). The first kappa shape index (κ1) is 13.5. The fourth-order valence-corrected chi connectivity index (χ4v) is 4.21.